The minimum absolute atomic E-state index is 0.0991. The normalized spacial score (nSPS) is 13.1. The van der Waals surface area contributed by atoms with Crippen LogP contribution in [0.3, 0.4) is 0 Å². The summed E-state index contributed by atoms with van der Waals surface area (Å²) in [6, 6.07) is 12.0. The van der Waals surface area contributed by atoms with Gasteiger partial charge in [-0.05, 0) is 34.3 Å². The lowest BCUT2D eigenvalue weighted by atomic mass is 9.95. The maximum Gasteiger partial charge on any atom is 0.336 e. The predicted molar refractivity (Wildman–Crippen MR) is 99.5 cm³/mol. The average Bonchev–Trinajstić information content (AvgIpc) is 3.01. The summed E-state index contributed by atoms with van der Waals surface area (Å²) in [5.41, 5.74) is 13.4. The van der Waals surface area contributed by atoms with Crippen molar-refractivity contribution in [3.63, 3.8) is 0 Å². The van der Waals surface area contributed by atoms with Gasteiger partial charge in [0, 0.05) is 17.5 Å². The number of rotatable bonds is 6. The van der Waals surface area contributed by atoms with Gasteiger partial charge < -0.3 is 11.5 Å². The summed E-state index contributed by atoms with van der Waals surface area (Å²) >= 11 is 0. The highest BCUT2D eigenvalue weighted by Crippen LogP contribution is 2.32. The molecule has 0 amide bonds. The molecule has 0 heterocycles. The second-order valence-corrected chi connectivity index (χ2v) is 7.60. The fraction of sp³-hybridized carbons (Fsp3) is 0.167. The second-order valence-electron chi connectivity index (χ2n) is 6.05. The first-order valence-electron chi connectivity index (χ1n) is 8.06. The third kappa shape index (κ3) is 4.14. The van der Waals surface area contributed by atoms with Crippen LogP contribution in [0.4, 0.5) is 0 Å². The zero-order valence-electron chi connectivity index (χ0n) is 14.2. The van der Waals surface area contributed by atoms with Crippen LogP contribution in [0.1, 0.15) is 32.7 Å². The van der Waals surface area contributed by atoms with E-state index in [0.717, 1.165) is 16.7 Å². The minimum Gasteiger partial charge on any atom is -0.367 e. The van der Waals surface area contributed by atoms with E-state index < -0.39 is 27.6 Å². The molecule has 4 N–H and O–H groups in total. The molecule has 1 aliphatic carbocycles. The summed E-state index contributed by atoms with van der Waals surface area (Å²) < 4.78 is 27.8. The van der Waals surface area contributed by atoms with Crippen LogP contribution >= 0.6 is 0 Å². The van der Waals surface area contributed by atoms with E-state index in [1.165, 1.54) is 6.07 Å². The average molecular weight is 387 g/mol. The smallest absolute Gasteiger partial charge is 0.336 e. The van der Waals surface area contributed by atoms with Gasteiger partial charge in [0.1, 0.15) is 0 Å². The van der Waals surface area contributed by atoms with E-state index in [9.17, 15) is 18.0 Å². The molecule has 0 radical (unpaired) electrons. The van der Waals surface area contributed by atoms with E-state index in [0.29, 0.717) is 18.4 Å². The van der Waals surface area contributed by atoms with Gasteiger partial charge in [0.15, 0.2) is 17.3 Å². The second kappa shape index (κ2) is 7.20. The van der Waals surface area contributed by atoms with Crippen molar-refractivity contribution in [3.05, 3.63) is 59.2 Å². The van der Waals surface area contributed by atoms with E-state index in [2.05, 4.69) is 9.44 Å². The zero-order valence-corrected chi connectivity index (χ0v) is 15.0. The minimum atomic E-state index is -4.26. The highest BCUT2D eigenvalue weighted by molar-refractivity contribution is 7.87. The lowest BCUT2D eigenvalue weighted by Gasteiger charge is -2.09. The first kappa shape index (κ1) is 18.6. The summed E-state index contributed by atoms with van der Waals surface area (Å²) in [4.78, 5) is 24.3. The van der Waals surface area contributed by atoms with Gasteiger partial charge in [0.05, 0.1) is 0 Å². The van der Waals surface area contributed by atoms with E-state index in [-0.39, 0.29) is 11.3 Å². The van der Waals surface area contributed by atoms with Gasteiger partial charge in [0.25, 0.3) is 0 Å². The molecular weight excluding hydrogens is 370 g/mol. The number of oxime groups is 1. The third-order valence-electron chi connectivity index (χ3n) is 4.14. The first-order chi connectivity index (χ1) is 12.8. The van der Waals surface area contributed by atoms with Crippen molar-refractivity contribution in [1.29, 1.82) is 0 Å². The van der Waals surface area contributed by atoms with Crippen LogP contribution in [0.15, 0.2) is 47.6 Å². The number of guanidine groups is 1. The van der Waals surface area contributed by atoms with Crippen molar-refractivity contribution in [2.45, 2.75) is 12.8 Å². The molecule has 0 fully saturated rings. The monoisotopic (exact) mass is 387 g/mol. The predicted octanol–water partition coefficient (Wildman–Crippen LogP) is 1.20. The third-order valence-corrected chi connectivity index (χ3v) is 5.06. The molecule has 1 aliphatic rings. The Hall–Kier alpha value is -3.20. The molecule has 9 heteroatoms. The molecule has 2 aromatic rings. The summed E-state index contributed by atoms with van der Waals surface area (Å²) in [6.45, 7) is 0. The van der Waals surface area contributed by atoms with Crippen molar-refractivity contribution in [1.82, 2.24) is 0 Å². The summed E-state index contributed by atoms with van der Waals surface area (Å²) in [5.74, 6) is -2.03. The number of hydrogen-bond acceptors (Lipinski definition) is 6. The SMILES string of the molecule is NC(N)=NOS(=O)(=O)CC(=O)c1cccc(-c2cccc3c2CCC3=O)c1. The fourth-order valence-corrected chi connectivity index (χ4v) is 3.73. The van der Waals surface area contributed by atoms with E-state index in [4.69, 9.17) is 11.5 Å². The van der Waals surface area contributed by atoms with Crippen LogP contribution < -0.4 is 11.5 Å². The highest BCUT2D eigenvalue weighted by atomic mass is 32.2. The van der Waals surface area contributed by atoms with Crippen LogP contribution in [-0.2, 0) is 20.8 Å². The summed E-state index contributed by atoms with van der Waals surface area (Å²) in [7, 11) is -4.26. The van der Waals surface area contributed by atoms with Crippen molar-refractivity contribution in [2.24, 2.45) is 16.6 Å². The van der Waals surface area contributed by atoms with E-state index in [1.807, 2.05) is 6.07 Å². The van der Waals surface area contributed by atoms with Crippen LogP contribution in [-0.4, -0.2) is 31.7 Å². The maximum absolute atomic E-state index is 12.4. The quantitative estimate of drug-likeness (QED) is 0.328. The Morgan fingerprint density at radius 2 is 1.78 bits per heavy atom. The fourth-order valence-electron chi connectivity index (χ4n) is 2.99. The molecule has 8 nitrogen and oxygen atoms in total. The molecule has 2 aromatic carbocycles. The molecule has 0 saturated heterocycles. The standard InChI is InChI=1S/C18H17N3O5S/c19-18(20)21-26-27(24,25)10-17(23)12-4-1-3-11(9-12)13-5-2-6-15-14(13)7-8-16(15)22/h1-6,9H,7-8,10H2,(H4,19,20,21). The Kier molecular flexibility index (Phi) is 4.95. The van der Waals surface area contributed by atoms with Crippen molar-refractivity contribution >= 4 is 27.6 Å². The number of ketones is 2. The van der Waals surface area contributed by atoms with Gasteiger partial charge >= 0.3 is 10.1 Å². The van der Waals surface area contributed by atoms with Crippen molar-refractivity contribution in [3.8, 4) is 11.1 Å². The Bertz CT molecular complexity index is 1060. The molecule has 0 bridgehead atoms. The van der Waals surface area contributed by atoms with Gasteiger partial charge in [-0.2, -0.15) is 8.42 Å². The number of nitrogens with two attached hydrogens (primary N) is 2. The molecule has 27 heavy (non-hydrogen) atoms. The van der Waals surface area contributed by atoms with Crippen LogP contribution in [0.25, 0.3) is 11.1 Å². The Balaban J connectivity index is 1.88. The molecule has 0 aliphatic heterocycles. The molecule has 0 spiro atoms. The summed E-state index contributed by atoms with van der Waals surface area (Å²) in [6.07, 6.45) is 1.11. The molecule has 140 valence electrons. The summed E-state index contributed by atoms with van der Waals surface area (Å²) in [5, 5.41) is 2.95. The topological polar surface area (TPSA) is 142 Å². The lowest BCUT2D eigenvalue weighted by Crippen LogP contribution is -2.25. The Labute approximate surface area is 155 Å². The Morgan fingerprint density at radius 3 is 2.52 bits per heavy atom. The first-order valence-corrected chi connectivity index (χ1v) is 9.63. The number of hydrogen-bond donors (Lipinski definition) is 2. The number of nitrogens with zero attached hydrogens (tertiary/aromatic N) is 1. The van der Waals surface area contributed by atoms with Gasteiger partial charge in [-0.3, -0.25) is 13.9 Å². The van der Waals surface area contributed by atoms with Gasteiger partial charge in [-0.25, -0.2) is 0 Å². The number of fused-ring (bicyclic) bond motifs is 1. The highest BCUT2D eigenvalue weighted by Gasteiger charge is 2.23. The van der Waals surface area contributed by atoms with Gasteiger partial charge in [-0.15, -0.1) is 0 Å². The van der Waals surface area contributed by atoms with Crippen molar-refractivity contribution < 1.29 is 22.3 Å². The molecule has 0 unspecified atom stereocenters. The molecule has 0 atom stereocenters. The zero-order chi connectivity index (χ0) is 19.6. The number of carbonyl (C=O) groups is 2. The molecular formula is C18H17N3O5S. The molecule has 0 aromatic heterocycles. The maximum atomic E-state index is 12.4. The Morgan fingerprint density at radius 1 is 1.07 bits per heavy atom. The van der Waals surface area contributed by atoms with Crippen LogP contribution in [0.5, 0.6) is 0 Å². The van der Waals surface area contributed by atoms with Gasteiger partial charge in [-0.1, -0.05) is 36.4 Å². The number of Topliss-reactive ketones (excluding diaryl/α,β-unsaturated/α-hetero) is 2. The largest absolute Gasteiger partial charge is 0.367 e. The lowest BCUT2D eigenvalue weighted by molar-refractivity contribution is 0.0991. The number of carbonyl (C=O) groups excluding carboxylic acids is 2. The van der Waals surface area contributed by atoms with Gasteiger partial charge in [0.2, 0.25) is 5.96 Å². The van der Waals surface area contributed by atoms with Crippen LogP contribution in [0.2, 0.25) is 0 Å². The molecule has 0 saturated carbocycles. The van der Waals surface area contributed by atoms with E-state index >= 15 is 0 Å². The number of benzene rings is 2. The van der Waals surface area contributed by atoms with Crippen LogP contribution in [0, 0.1) is 0 Å². The van der Waals surface area contributed by atoms with E-state index in [1.54, 1.807) is 30.3 Å². The molecule has 3 rings (SSSR count). The van der Waals surface area contributed by atoms with Crippen molar-refractivity contribution in [2.75, 3.05) is 5.75 Å².